The Morgan fingerprint density at radius 3 is 2.91 bits per heavy atom. The maximum atomic E-state index is 11.5. The molecule has 0 aromatic carbocycles. The number of rotatable bonds is 6. The summed E-state index contributed by atoms with van der Waals surface area (Å²) in [6.07, 6.45) is 1.65. The van der Waals surface area contributed by atoms with Gasteiger partial charge in [0, 0.05) is 11.1 Å². The van der Waals surface area contributed by atoms with Crippen LogP contribution in [0.2, 0.25) is 0 Å². The molecule has 0 aliphatic rings. The predicted octanol–water partition coefficient (Wildman–Crippen LogP) is 2.80. The van der Waals surface area contributed by atoms with Crippen molar-refractivity contribution in [1.82, 2.24) is 9.97 Å². The van der Waals surface area contributed by atoms with E-state index >= 15 is 0 Å². The lowest BCUT2D eigenvalue weighted by atomic mass is 10.3. The van der Waals surface area contributed by atoms with Gasteiger partial charge in [0.25, 0.3) is 0 Å². The number of nitrogens with zero attached hydrogens (tertiary/aromatic N) is 2. The van der Waals surface area contributed by atoms with Crippen molar-refractivity contribution in [1.29, 1.82) is 0 Å². The van der Waals surface area contributed by atoms with Crippen LogP contribution in [-0.4, -0.2) is 33.6 Å². The van der Waals surface area contributed by atoms with Gasteiger partial charge in [-0.15, -0.1) is 11.3 Å². The van der Waals surface area contributed by atoms with E-state index in [4.69, 9.17) is 9.84 Å². The lowest BCUT2D eigenvalue weighted by molar-refractivity contribution is -0.142. The van der Waals surface area contributed by atoms with E-state index in [1.807, 2.05) is 6.92 Å². The second kappa shape index (κ2) is 7.37. The number of aryl methyl sites for hydroxylation is 1. The second-order valence-electron chi connectivity index (χ2n) is 4.26. The Kier molecular flexibility index (Phi) is 5.51. The quantitative estimate of drug-likeness (QED) is 0.810. The van der Waals surface area contributed by atoms with E-state index in [0.29, 0.717) is 16.0 Å². The number of carboxylic acids is 1. The van der Waals surface area contributed by atoms with Crippen molar-refractivity contribution in [2.75, 3.05) is 6.61 Å². The van der Waals surface area contributed by atoms with Crippen molar-refractivity contribution in [3.63, 3.8) is 0 Å². The average Bonchev–Trinajstić information content (AvgIpc) is 2.79. The molecule has 6 nitrogen and oxygen atoms in total. The third kappa shape index (κ3) is 4.28. The van der Waals surface area contributed by atoms with Crippen molar-refractivity contribution in [2.24, 2.45) is 0 Å². The molecule has 0 saturated carbocycles. The number of aromatic nitrogens is 2. The van der Waals surface area contributed by atoms with Crippen LogP contribution in [0.4, 0.5) is 0 Å². The first-order valence-corrected chi connectivity index (χ1v) is 8.12. The van der Waals surface area contributed by atoms with Crippen LogP contribution in [0.1, 0.15) is 27.9 Å². The molecule has 0 bridgehead atoms. The molecule has 0 aliphatic heterocycles. The Hall–Kier alpha value is -1.93. The van der Waals surface area contributed by atoms with Crippen molar-refractivity contribution < 1.29 is 19.4 Å². The fourth-order valence-corrected chi connectivity index (χ4v) is 3.80. The molecule has 8 heteroatoms. The molecular weight excluding hydrogens is 324 g/mol. The molecule has 22 heavy (non-hydrogen) atoms. The second-order valence-corrected chi connectivity index (χ2v) is 6.61. The Balaban J connectivity index is 2.12. The van der Waals surface area contributed by atoms with E-state index in [2.05, 4.69) is 9.97 Å². The van der Waals surface area contributed by atoms with Gasteiger partial charge in [-0.3, -0.25) is 4.79 Å². The zero-order chi connectivity index (χ0) is 16.1. The minimum absolute atomic E-state index is 0.178. The molecule has 0 unspecified atom stereocenters. The monoisotopic (exact) mass is 338 g/mol. The first-order chi connectivity index (χ1) is 10.5. The number of esters is 1. The highest BCUT2D eigenvalue weighted by molar-refractivity contribution is 8.01. The van der Waals surface area contributed by atoms with Gasteiger partial charge < -0.3 is 9.84 Å². The van der Waals surface area contributed by atoms with E-state index in [0.717, 1.165) is 10.6 Å². The van der Waals surface area contributed by atoms with Gasteiger partial charge in [-0.1, -0.05) is 0 Å². The highest BCUT2D eigenvalue weighted by atomic mass is 32.2. The minimum atomic E-state index is -0.998. The predicted molar refractivity (Wildman–Crippen MR) is 82.5 cm³/mol. The number of carbonyl (C=O) groups is 2. The fraction of sp³-hybridized carbons (Fsp3) is 0.286. The molecular formula is C14H14N2O4S2. The number of thiazole rings is 1. The number of hydrogen-bond donors (Lipinski definition) is 1. The van der Waals surface area contributed by atoms with Crippen LogP contribution in [0.15, 0.2) is 27.7 Å². The van der Waals surface area contributed by atoms with Crippen LogP contribution in [0, 0.1) is 6.92 Å². The SMILES string of the molecule is CCOC(=O)Cc1sc(Sc2cc(C(=O)O)ccn2)nc1C. The largest absolute Gasteiger partial charge is 0.478 e. The number of pyridine rings is 1. The number of carboxylic acid groups (broad SMARTS) is 1. The summed E-state index contributed by atoms with van der Waals surface area (Å²) in [5, 5.41) is 9.52. The van der Waals surface area contributed by atoms with Gasteiger partial charge in [0.1, 0.15) is 5.03 Å². The number of hydrogen-bond acceptors (Lipinski definition) is 7. The minimum Gasteiger partial charge on any atom is -0.478 e. The van der Waals surface area contributed by atoms with E-state index in [9.17, 15) is 9.59 Å². The van der Waals surface area contributed by atoms with E-state index in [1.165, 1.54) is 41.4 Å². The van der Waals surface area contributed by atoms with Gasteiger partial charge in [-0.05, 0) is 37.7 Å². The zero-order valence-corrected chi connectivity index (χ0v) is 13.7. The van der Waals surface area contributed by atoms with Crippen molar-refractivity contribution in [3.8, 4) is 0 Å². The van der Waals surface area contributed by atoms with Crippen LogP contribution in [-0.2, 0) is 16.0 Å². The molecule has 116 valence electrons. The molecule has 0 aliphatic carbocycles. The molecule has 0 fully saturated rings. The highest BCUT2D eigenvalue weighted by Crippen LogP contribution is 2.32. The topological polar surface area (TPSA) is 89.4 Å². The maximum absolute atomic E-state index is 11.5. The van der Waals surface area contributed by atoms with Gasteiger partial charge in [0.05, 0.1) is 24.3 Å². The standard InChI is InChI=1S/C14H14N2O4S2/c1-3-20-12(17)7-10-8(2)16-14(21-10)22-11-6-9(13(18)19)4-5-15-11/h4-6H,3,7H2,1-2H3,(H,18,19). The highest BCUT2D eigenvalue weighted by Gasteiger charge is 2.14. The molecule has 2 aromatic rings. The molecule has 2 rings (SSSR count). The van der Waals surface area contributed by atoms with Gasteiger partial charge in [0.2, 0.25) is 0 Å². The summed E-state index contributed by atoms with van der Waals surface area (Å²) in [5.41, 5.74) is 0.951. The third-order valence-corrected chi connectivity index (χ3v) is 4.81. The summed E-state index contributed by atoms with van der Waals surface area (Å²) in [6, 6.07) is 2.93. The normalized spacial score (nSPS) is 10.5. The van der Waals surface area contributed by atoms with Crippen LogP contribution < -0.4 is 0 Å². The zero-order valence-electron chi connectivity index (χ0n) is 12.0. The molecule has 2 aromatic heterocycles. The van der Waals surface area contributed by atoms with Gasteiger partial charge >= 0.3 is 11.9 Å². The molecule has 0 radical (unpaired) electrons. The summed E-state index contributed by atoms with van der Waals surface area (Å²) < 4.78 is 5.64. The summed E-state index contributed by atoms with van der Waals surface area (Å²) in [6.45, 7) is 3.94. The lowest BCUT2D eigenvalue weighted by Gasteiger charge is -1.99. The van der Waals surface area contributed by atoms with Gasteiger partial charge in [-0.25, -0.2) is 14.8 Å². The molecule has 0 atom stereocenters. The molecule has 2 heterocycles. The number of ether oxygens (including phenoxy) is 1. The maximum Gasteiger partial charge on any atom is 0.335 e. The smallest absolute Gasteiger partial charge is 0.335 e. The van der Waals surface area contributed by atoms with Crippen LogP contribution in [0.5, 0.6) is 0 Å². The van der Waals surface area contributed by atoms with Gasteiger partial charge in [-0.2, -0.15) is 0 Å². The van der Waals surface area contributed by atoms with E-state index in [-0.39, 0.29) is 18.0 Å². The van der Waals surface area contributed by atoms with Crippen molar-refractivity contribution in [2.45, 2.75) is 29.6 Å². The number of aromatic carboxylic acids is 1. The first-order valence-electron chi connectivity index (χ1n) is 6.48. The Morgan fingerprint density at radius 1 is 1.45 bits per heavy atom. The Bertz CT molecular complexity index is 700. The van der Waals surface area contributed by atoms with Gasteiger partial charge in [0.15, 0.2) is 4.34 Å². The van der Waals surface area contributed by atoms with Crippen molar-refractivity contribution >= 4 is 35.0 Å². The molecule has 0 spiro atoms. The van der Waals surface area contributed by atoms with Crippen LogP contribution in [0.3, 0.4) is 0 Å². The third-order valence-electron chi connectivity index (χ3n) is 2.66. The molecule has 0 saturated heterocycles. The van der Waals surface area contributed by atoms with Crippen LogP contribution in [0.25, 0.3) is 0 Å². The first kappa shape index (κ1) is 16.4. The summed E-state index contributed by atoms with van der Waals surface area (Å²) in [5.74, 6) is -1.28. The Morgan fingerprint density at radius 2 is 2.23 bits per heavy atom. The molecule has 1 N–H and O–H groups in total. The fourth-order valence-electron chi connectivity index (χ4n) is 1.64. The summed E-state index contributed by atoms with van der Waals surface area (Å²) in [7, 11) is 0. The average molecular weight is 338 g/mol. The summed E-state index contributed by atoms with van der Waals surface area (Å²) in [4.78, 5) is 31.8. The van der Waals surface area contributed by atoms with E-state index in [1.54, 1.807) is 6.92 Å². The molecule has 0 amide bonds. The lowest BCUT2D eigenvalue weighted by Crippen LogP contribution is -2.07. The van der Waals surface area contributed by atoms with Crippen LogP contribution >= 0.6 is 23.1 Å². The summed E-state index contributed by atoms with van der Waals surface area (Å²) >= 11 is 2.66. The number of carbonyl (C=O) groups excluding carboxylic acids is 1. The van der Waals surface area contributed by atoms with Crippen molar-refractivity contribution in [3.05, 3.63) is 34.5 Å². The Labute approximate surface area is 135 Å². The van der Waals surface area contributed by atoms with E-state index < -0.39 is 5.97 Å².